The van der Waals surface area contributed by atoms with E-state index in [0.29, 0.717) is 28.4 Å². The topological polar surface area (TPSA) is 127 Å². The number of hydrazone groups is 1. The number of hydrogen-bond donors (Lipinski definition) is 3. The Morgan fingerprint density at radius 3 is 2.24 bits per heavy atom. The summed E-state index contributed by atoms with van der Waals surface area (Å²) in [6.45, 7) is 3.55. The minimum absolute atomic E-state index is 0.243. The lowest BCUT2D eigenvalue weighted by molar-refractivity contribution is -0.136. The summed E-state index contributed by atoms with van der Waals surface area (Å²) < 4.78 is 16.1. The van der Waals surface area contributed by atoms with Crippen molar-refractivity contribution in [2.75, 3.05) is 31.5 Å². The van der Waals surface area contributed by atoms with Crippen molar-refractivity contribution in [1.82, 2.24) is 5.43 Å². The van der Waals surface area contributed by atoms with Crippen LogP contribution in [0.25, 0.3) is 0 Å². The maximum atomic E-state index is 12.4. The first-order chi connectivity index (χ1) is 17.8. The lowest BCUT2D eigenvalue weighted by Crippen LogP contribution is -2.32. The Morgan fingerprint density at radius 2 is 1.57 bits per heavy atom. The van der Waals surface area contributed by atoms with Gasteiger partial charge in [-0.15, -0.1) is 0 Å². The number of nitrogens with zero attached hydrogens (tertiary/aromatic N) is 1. The highest BCUT2D eigenvalue weighted by atomic mass is 16.5. The molecule has 10 heteroatoms. The molecule has 0 radical (unpaired) electrons. The number of aryl methyl sites for hydroxylation is 2. The maximum Gasteiger partial charge on any atom is 0.329 e. The second-order valence-electron chi connectivity index (χ2n) is 7.90. The molecular weight excluding hydrogens is 476 g/mol. The third kappa shape index (κ3) is 7.56. The molecule has 3 rings (SSSR count). The lowest BCUT2D eigenvalue weighted by Gasteiger charge is -2.13. The number of hydrogen-bond acceptors (Lipinski definition) is 7. The predicted molar refractivity (Wildman–Crippen MR) is 140 cm³/mol. The number of benzene rings is 3. The number of carbonyl (C=O) groups excluding carboxylic acids is 3. The van der Waals surface area contributed by atoms with Gasteiger partial charge in [-0.05, 0) is 73.5 Å². The van der Waals surface area contributed by atoms with Crippen LogP contribution < -0.4 is 30.3 Å². The average Bonchev–Trinajstić information content (AvgIpc) is 2.90. The van der Waals surface area contributed by atoms with E-state index in [9.17, 15) is 14.4 Å². The van der Waals surface area contributed by atoms with Crippen LogP contribution >= 0.6 is 0 Å². The van der Waals surface area contributed by atoms with E-state index in [2.05, 4.69) is 21.2 Å². The molecule has 3 N–H and O–H groups in total. The third-order valence-electron chi connectivity index (χ3n) is 5.29. The first kappa shape index (κ1) is 26.7. The summed E-state index contributed by atoms with van der Waals surface area (Å²) in [5.41, 5.74) is 5.75. The standard InChI is InChI=1S/C27H28N4O6/c1-17-8-9-21(14-18(17)2)30-26(33)27(34)31-28-15-19-6-5-7-23(36-4)25(19)37-16-24(32)29-20-10-12-22(35-3)13-11-20/h5-15H,16H2,1-4H3,(H,29,32)(H,30,33)(H,31,34)/b28-15-. The van der Waals surface area contributed by atoms with Crippen LogP contribution in [0.1, 0.15) is 16.7 Å². The van der Waals surface area contributed by atoms with Gasteiger partial charge in [0.05, 0.1) is 20.4 Å². The Balaban J connectivity index is 1.61. The molecule has 0 fully saturated rings. The van der Waals surface area contributed by atoms with E-state index in [1.807, 2.05) is 19.9 Å². The normalized spacial score (nSPS) is 10.5. The van der Waals surface area contributed by atoms with Gasteiger partial charge in [0.2, 0.25) is 0 Å². The van der Waals surface area contributed by atoms with Crippen LogP contribution in [0.4, 0.5) is 11.4 Å². The molecule has 37 heavy (non-hydrogen) atoms. The quantitative estimate of drug-likeness (QED) is 0.233. The fourth-order valence-corrected chi connectivity index (χ4v) is 3.18. The van der Waals surface area contributed by atoms with Crippen molar-refractivity contribution in [3.05, 3.63) is 77.4 Å². The fourth-order valence-electron chi connectivity index (χ4n) is 3.18. The molecule has 0 atom stereocenters. The molecule has 0 aliphatic rings. The summed E-state index contributed by atoms with van der Waals surface area (Å²) in [4.78, 5) is 36.7. The number of amides is 3. The second-order valence-corrected chi connectivity index (χ2v) is 7.90. The van der Waals surface area contributed by atoms with Crippen LogP contribution in [-0.2, 0) is 14.4 Å². The van der Waals surface area contributed by atoms with E-state index in [0.717, 1.165) is 11.1 Å². The van der Waals surface area contributed by atoms with Gasteiger partial charge in [-0.3, -0.25) is 14.4 Å². The Kier molecular flexibility index (Phi) is 9.20. The molecular formula is C27H28N4O6. The summed E-state index contributed by atoms with van der Waals surface area (Å²) in [5.74, 6) is -0.929. The van der Waals surface area contributed by atoms with Crippen LogP contribution in [0.5, 0.6) is 17.2 Å². The zero-order valence-electron chi connectivity index (χ0n) is 21.0. The molecule has 0 aromatic heterocycles. The SMILES string of the molecule is COc1ccc(NC(=O)COc2c(/C=N\NC(=O)C(=O)Nc3ccc(C)c(C)c3)cccc2OC)cc1. The molecule has 0 unspecified atom stereocenters. The first-order valence-corrected chi connectivity index (χ1v) is 11.3. The van der Waals surface area contributed by atoms with Crippen LogP contribution in [0.15, 0.2) is 65.8 Å². The Hall–Kier alpha value is -4.86. The van der Waals surface area contributed by atoms with Gasteiger partial charge in [-0.25, -0.2) is 5.43 Å². The summed E-state index contributed by atoms with van der Waals surface area (Å²) in [5, 5.41) is 9.10. The molecule has 3 aromatic rings. The largest absolute Gasteiger partial charge is 0.497 e. The average molecular weight is 505 g/mol. The molecule has 0 bridgehead atoms. The Morgan fingerprint density at radius 1 is 0.838 bits per heavy atom. The minimum Gasteiger partial charge on any atom is -0.497 e. The van der Waals surface area contributed by atoms with Gasteiger partial charge in [0, 0.05) is 16.9 Å². The number of ether oxygens (including phenoxy) is 3. The lowest BCUT2D eigenvalue weighted by atomic mass is 10.1. The van der Waals surface area contributed by atoms with Crippen molar-refractivity contribution in [3.63, 3.8) is 0 Å². The second kappa shape index (κ2) is 12.7. The van der Waals surface area contributed by atoms with Gasteiger partial charge >= 0.3 is 11.8 Å². The Bertz CT molecular complexity index is 1300. The monoisotopic (exact) mass is 504 g/mol. The van der Waals surface area contributed by atoms with E-state index in [-0.39, 0.29) is 12.4 Å². The fraction of sp³-hybridized carbons (Fsp3) is 0.185. The number of anilines is 2. The minimum atomic E-state index is -0.946. The van der Waals surface area contributed by atoms with Crippen LogP contribution in [0, 0.1) is 13.8 Å². The van der Waals surface area contributed by atoms with Crippen molar-refractivity contribution in [3.8, 4) is 17.2 Å². The zero-order chi connectivity index (χ0) is 26.8. The van der Waals surface area contributed by atoms with Crippen molar-refractivity contribution < 1.29 is 28.6 Å². The van der Waals surface area contributed by atoms with E-state index >= 15 is 0 Å². The number of nitrogens with one attached hydrogen (secondary N) is 3. The van der Waals surface area contributed by atoms with E-state index in [1.165, 1.54) is 13.3 Å². The van der Waals surface area contributed by atoms with Gasteiger partial charge in [0.25, 0.3) is 5.91 Å². The summed E-state index contributed by atoms with van der Waals surface area (Å²) >= 11 is 0. The molecule has 0 heterocycles. The molecule has 10 nitrogen and oxygen atoms in total. The van der Waals surface area contributed by atoms with Gasteiger partial charge in [-0.2, -0.15) is 5.10 Å². The van der Waals surface area contributed by atoms with E-state index in [4.69, 9.17) is 14.2 Å². The van der Waals surface area contributed by atoms with Gasteiger partial charge in [0.15, 0.2) is 18.1 Å². The highest BCUT2D eigenvalue weighted by molar-refractivity contribution is 6.39. The molecule has 0 saturated heterocycles. The van der Waals surface area contributed by atoms with Gasteiger partial charge < -0.3 is 24.8 Å². The van der Waals surface area contributed by atoms with Crippen LogP contribution in [0.2, 0.25) is 0 Å². The Labute approximate surface area is 214 Å². The molecule has 3 aromatic carbocycles. The molecule has 0 saturated carbocycles. The predicted octanol–water partition coefficient (Wildman–Crippen LogP) is 3.43. The maximum absolute atomic E-state index is 12.4. The van der Waals surface area contributed by atoms with E-state index in [1.54, 1.807) is 61.7 Å². The first-order valence-electron chi connectivity index (χ1n) is 11.3. The summed E-state index contributed by atoms with van der Waals surface area (Å²) in [7, 11) is 3.02. The number of methoxy groups -OCH3 is 2. The highest BCUT2D eigenvalue weighted by Crippen LogP contribution is 2.30. The zero-order valence-corrected chi connectivity index (χ0v) is 21.0. The van der Waals surface area contributed by atoms with Crippen molar-refractivity contribution in [1.29, 1.82) is 0 Å². The van der Waals surface area contributed by atoms with E-state index < -0.39 is 17.7 Å². The van der Waals surface area contributed by atoms with Crippen LogP contribution in [-0.4, -0.2) is 44.8 Å². The molecule has 0 spiro atoms. The number of carbonyl (C=O) groups is 3. The van der Waals surface area contributed by atoms with Gasteiger partial charge in [-0.1, -0.05) is 12.1 Å². The molecule has 3 amide bonds. The molecule has 192 valence electrons. The van der Waals surface area contributed by atoms with Crippen molar-refractivity contribution >= 4 is 35.3 Å². The third-order valence-corrected chi connectivity index (χ3v) is 5.29. The smallest absolute Gasteiger partial charge is 0.329 e. The molecule has 0 aliphatic carbocycles. The molecule has 0 aliphatic heterocycles. The van der Waals surface area contributed by atoms with Crippen molar-refractivity contribution in [2.24, 2.45) is 5.10 Å². The summed E-state index contributed by atoms with van der Waals surface area (Å²) in [6.07, 6.45) is 1.29. The van der Waals surface area contributed by atoms with Gasteiger partial charge in [0.1, 0.15) is 5.75 Å². The highest BCUT2D eigenvalue weighted by Gasteiger charge is 2.15. The summed E-state index contributed by atoms with van der Waals surface area (Å²) in [6, 6.07) is 17.2. The number of rotatable bonds is 9. The van der Waals surface area contributed by atoms with Crippen LogP contribution in [0.3, 0.4) is 0 Å². The van der Waals surface area contributed by atoms with Crippen molar-refractivity contribution in [2.45, 2.75) is 13.8 Å². The number of para-hydroxylation sites is 1.